The zero-order chi connectivity index (χ0) is 23.0. The Morgan fingerprint density at radius 2 is 2.03 bits per heavy atom. The minimum absolute atomic E-state index is 0. The van der Waals surface area contributed by atoms with Crippen LogP contribution in [0, 0.1) is 17.2 Å². The van der Waals surface area contributed by atoms with Gasteiger partial charge in [-0.05, 0) is 5.56 Å². The van der Waals surface area contributed by atoms with Gasteiger partial charge in [0.1, 0.15) is 19.3 Å². The third-order valence-corrected chi connectivity index (χ3v) is 6.90. The van der Waals surface area contributed by atoms with E-state index in [1.54, 1.807) is 37.3 Å². The number of nitriles is 1. The molecule has 0 aliphatic carbocycles. The van der Waals surface area contributed by atoms with Gasteiger partial charge in [-0.3, -0.25) is 14.5 Å². The van der Waals surface area contributed by atoms with Gasteiger partial charge in [0.05, 0.1) is 17.7 Å². The molecule has 3 heterocycles. The van der Waals surface area contributed by atoms with Crippen molar-refractivity contribution in [3.8, 4) is 6.07 Å². The first-order valence-electron chi connectivity index (χ1n) is 9.81. The summed E-state index contributed by atoms with van der Waals surface area (Å²) >= 11 is 1.13. The van der Waals surface area contributed by atoms with E-state index in [-0.39, 0.29) is 70.1 Å². The van der Waals surface area contributed by atoms with Gasteiger partial charge in [-0.15, -0.1) is 11.8 Å². The average molecular weight is 496 g/mol. The van der Waals surface area contributed by atoms with Crippen LogP contribution in [0.1, 0.15) is 18.9 Å². The zero-order valence-corrected chi connectivity index (χ0v) is 21.9. The number of carbonyl (C=O) groups excluding carboxylic acids is 4. The molecule has 2 fully saturated rings. The van der Waals surface area contributed by atoms with Crippen LogP contribution in [0.4, 0.5) is 4.79 Å². The molecule has 3 amide bonds. The number of ether oxygens (including phenoxy) is 2. The number of carboxylic acid groups (broad SMARTS) is 1. The van der Waals surface area contributed by atoms with Crippen molar-refractivity contribution in [1.29, 1.82) is 5.26 Å². The maximum absolute atomic E-state index is 13.2. The number of hydrogen-bond acceptors (Lipinski definition) is 9. The summed E-state index contributed by atoms with van der Waals surface area (Å²) < 4.78 is 10.8. The van der Waals surface area contributed by atoms with E-state index in [0.29, 0.717) is 21.1 Å². The number of amides is 3. The van der Waals surface area contributed by atoms with Gasteiger partial charge in [0.2, 0.25) is 0 Å². The molecule has 0 unspecified atom stereocenters. The number of hydrogen-bond donors (Lipinski definition) is 0. The van der Waals surface area contributed by atoms with Crippen molar-refractivity contribution < 1.29 is 85.1 Å². The molecule has 33 heavy (non-hydrogen) atoms. The summed E-state index contributed by atoms with van der Waals surface area (Å²) in [4.78, 5) is 52.3. The number of aliphatic carboxylic acids is 1. The number of fused-ring (bicyclic) bond motifs is 2. The maximum Gasteiger partial charge on any atom is 1.00 e. The number of nitrogens with zero attached hydrogens (tertiary/aromatic N) is 3. The number of β-lactam (4-membered cyclic amide) rings is 1. The summed E-state index contributed by atoms with van der Waals surface area (Å²) in [6.07, 6.45) is -0.866. The van der Waals surface area contributed by atoms with Crippen LogP contribution in [0.2, 0.25) is 0 Å². The molecule has 3 aliphatic heterocycles. The van der Waals surface area contributed by atoms with E-state index in [4.69, 9.17) is 14.7 Å². The Hall–Kier alpha value is -1.72. The van der Waals surface area contributed by atoms with Crippen LogP contribution in [-0.2, 0) is 30.5 Å². The van der Waals surface area contributed by atoms with Gasteiger partial charge >= 0.3 is 57.5 Å². The molecule has 0 radical (unpaired) electrons. The van der Waals surface area contributed by atoms with Crippen molar-refractivity contribution >= 4 is 35.6 Å². The number of benzene rings is 1. The van der Waals surface area contributed by atoms with Gasteiger partial charge < -0.3 is 19.4 Å². The molecule has 0 N–H and O–H groups in total. The monoisotopic (exact) mass is 495 g/mol. The second-order valence-electron chi connectivity index (χ2n) is 7.42. The molecule has 2 saturated heterocycles. The van der Waals surface area contributed by atoms with Gasteiger partial charge in [0.15, 0.2) is 0 Å². The summed E-state index contributed by atoms with van der Waals surface area (Å²) in [5, 5.41) is 20.6. The molecule has 3 atom stereocenters. The number of imide groups is 1. The molecule has 4 rings (SSSR count). The third-order valence-electron chi connectivity index (χ3n) is 5.62. The van der Waals surface area contributed by atoms with Gasteiger partial charge in [0, 0.05) is 23.0 Å². The molecule has 10 nitrogen and oxygen atoms in total. The molecule has 166 valence electrons. The third kappa shape index (κ3) is 4.16. The second-order valence-corrected chi connectivity index (χ2v) is 8.56. The first-order chi connectivity index (χ1) is 15.3. The summed E-state index contributed by atoms with van der Waals surface area (Å²) in [5.41, 5.74) is -1.60. The van der Waals surface area contributed by atoms with Crippen LogP contribution in [0.3, 0.4) is 0 Å². The van der Waals surface area contributed by atoms with Crippen LogP contribution in [0.5, 0.6) is 0 Å². The Labute approximate surface area is 236 Å². The Kier molecular flexibility index (Phi) is 8.05. The van der Waals surface area contributed by atoms with E-state index < -0.39 is 48.2 Å². The molecule has 1 aromatic carbocycles. The van der Waals surface area contributed by atoms with E-state index in [1.807, 2.05) is 6.07 Å². The van der Waals surface area contributed by atoms with Crippen LogP contribution < -0.4 is 56.5 Å². The van der Waals surface area contributed by atoms with Gasteiger partial charge in [-0.25, -0.2) is 9.69 Å². The molecule has 3 aliphatic rings. The quantitative estimate of drug-likeness (QED) is 0.235. The first kappa shape index (κ1) is 25.9. The maximum atomic E-state index is 13.2. The fourth-order valence-corrected chi connectivity index (χ4v) is 5.43. The molecule has 0 bridgehead atoms. The molecular formula is C21H18KN3O7S. The number of carbonyl (C=O) groups is 4. The van der Waals surface area contributed by atoms with E-state index in [9.17, 15) is 24.3 Å². The van der Waals surface area contributed by atoms with Crippen LogP contribution in [0.15, 0.2) is 40.9 Å². The minimum Gasteiger partial charge on any atom is -0.543 e. The largest absolute Gasteiger partial charge is 1.00 e. The Morgan fingerprint density at radius 3 is 2.67 bits per heavy atom. The fraction of sp³-hybridized carbons (Fsp3) is 0.381. The second kappa shape index (κ2) is 10.3. The van der Waals surface area contributed by atoms with Gasteiger partial charge in [-0.1, -0.05) is 37.3 Å². The molecule has 0 saturated carbocycles. The van der Waals surface area contributed by atoms with E-state index >= 15 is 0 Å². The Balaban J connectivity index is 0.00000306. The van der Waals surface area contributed by atoms with E-state index in [0.717, 1.165) is 16.7 Å². The SMILES string of the molecule is C[C@@H]1C(SCCC#N)=C(C(=O)[O-])N2C(=O)[C@]3(OCC(=O)N3C(=O)OCc3ccccc3)[C@@H]12.[K+]. The predicted molar refractivity (Wildman–Crippen MR) is 107 cm³/mol. The summed E-state index contributed by atoms with van der Waals surface area (Å²) in [7, 11) is 0. The molecule has 1 spiro atoms. The summed E-state index contributed by atoms with van der Waals surface area (Å²) in [5.74, 6) is -3.39. The molecule has 1 aromatic rings. The van der Waals surface area contributed by atoms with Crippen LogP contribution in [-0.4, -0.2) is 57.8 Å². The smallest absolute Gasteiger partial charge is 0.543 e. The Morgan fingerprint density at radius 1 is 1.33 bits per heavy atom. The molecule has 0 aromatic heterocycles. The normalized spacial score (nSPS) is 25.5. The van der Waals surface area contributed by atoms with Crippen molar-refractivity contribution in [2.75, 3.05) is 12.4 Å². The fourth-order valence-electron chi connectivity index (χ4n) is 4.30. The van der Waals surface area contributed by atoms with Crippen molar-refractivity contribution in [3.63, 3.8) is 0 Å². The van der Waals surface area contributed by atoms with Crippen molar-refractivity contribution in [2.45, 2.75) is 31.7 Å². The van der Waals surface area contributed by atoms with Crippen molar-refractivity contribution in [2.24, 2.45) is 5.92 Å². The topological polar surface area (TPSA) is 140 Å². The Bertz CT molecular complexity index is 1070. The van der Waals surface area contributed by atoms with Gasteiger partial charge in [0.25, 0.3) is 17.5 Å². The number of thioether (sulfide) groups is 1. The van der Waals surface area contributed by atoms with Crippen LogP contribution in [0.25, 0.3) is 0 Å². The minimum atomic E-state index is -1.97. The average Bonchev–Trinajstić information content (AvgIpc) is 3.27. The summed E-state index contributed by atoms with van der Waals surface area (Å²) in [6.45, 7) is 1.05. The van der Waals surface area contributed by atoms with Crippen molar-refractivity contribution in [1.82, 2.24) is 9.80 Å². The number of carboxylic acids is 1. The van der Waals surface area contributed by atoms with E-state index in [1.165, 1.54) is 0 Å². The summed E-state index contributed by atoms with van der Waals surface area (Å²) in [6, 6.07) is 9.85. The zero-order valence-electron chi connectivity index (χ0n) is 18.0. The molecule has 12 heteroatoms. The number of rotatable bonds is 6. The van der Waals surface area contributed by atoms with Crippen molar-refractivity contribution in [3.05, 3.63) is 46.5 Å². The first-order valence-corrected chi connectivity index (χ1v) is 10.8. The predicted octanol–water partition coefficient (Wildman–Crippen LogP) is -2.65. The van der Waals surface area contributed by atoms with E-state index in [2.05, 4.69) is 0 Å². The van der Waals surface area contributed by atoms with Crippen LogP contribution >= 0.6 is 11.8 Å². The standard InChI is InChI=1S/C21H19N3O7S.K/c1-12-16(32-9-5-8-22)15(18(26)27)23-17(12)21(19(23)28)24(14(25)11-31-21)20(29)30-10-13-6-3-2-4-7-13;/h2-4,6-7,12,17H,5,9-11H2,1H3,(H,26,27);/q;+1/p-1/t12-,17-,21-;/m1./s1. The molecular weight excluding hydrogens is 477 g/mol. The van der Waals surface area contributed by atoms with Gasteiger partial charge in [-0.2, -0.15) is 5.26 Å².